The van der Waals surface area contributed by atoms with Gasteiger partial charge in [0.25, 0.3) is 0 Å². The highest BCUT2D eigenvalue weighted by Gasteiger charge is 2.33. The van der Waals surface area contributed by atoms with Gasteiger partial charge >= 0.3 is 8.80 Å². The van der Waals surface area contributed by atoms with E-state index < -0.39 is 8.80 Å². The van der Waals surface area contributed by atoms with Crippen molar-refractivity contribution >= 4 is 40.3 Å². The first-order chi connectivity index (χ1) is 4.24. The monoisotopic (exact) mass is 189 g/mol. The summed E-state index contributed by atoms with van der Waals surface area (Å²) in [4.78, 5) is 0. The molecule has 0 saturated heterocycles. The Kier molecular flexibility index (Phi) is 4.92. The highest BCUT2D eigenvalue weighted by Crippen LogP contribution is 2.09. The van der Waals surface area contributed by atoms with Crippen molar-refractivity contribution in [2.75, 3.05) is 0 Å². The van der Waals surface area contributed by atoms with Crippen LogP contribution in [-0.2, 0) is 12.3 Å². The van der Waals surface area contributed by atoms with Gasteiger partial charge in [-0.3, -0.25) is 0 Å². The minimum Gasteiger partial charge on any atom is -0.416 e. The lowest BCUT2D eigenvalue weighted by Gasteiger charge is -2.23. The molecule has 0 rings (SSSR count). The third-order valence-electron chi connectivity index (χ3n) is 0.900. The lowest BCUT2D eigenvalue weighted by Crippen LogP contribution is -2.43. The van der Waals surface area contributed by atoms with Crippen LogP contribution in [0.15, 0.2) is 0 Å². The first-order valence-electron chi connectivity index (χ1n) is 2.29. The van der Waals surface area contributed by atoms with Crippen molar-refractivity contribution in [3.8, 4) is 0 Å². The minimum atomic E-state index is -2.45. The molecule has 0 aromatic carbocycles. The van der Waals surface area contributed by atoms with Gasteiger partial charge in [0.15, 0.2) is 0 Å². The zero-order chi connectivity index (χ0) is 7.33. The summed E-state index contributed by atoms with van der Waals surface area (Å²) >= 11 is 0. The van der Waals surface area contributed by atoms with Crippen molar-refractivity contribution in [3.63, 3.8) is 0 Å². The molecule has 0 aromatic heterocycles. The molecular weight excluding hydrogens is 184 g/mol. The van der Waals surface area contributed by atoms with Gasteiger partial charge in [-0.05, 0) is 0 Å². The van der Waals surface area contributed by atoms with E-state index in [9.17, 15) is 0 Å². The largest absolute Gasteiger partial charge is 0.468 e. The molecule has 9 heavy (non-hydrogen) atoms. The second-order valence-corrected chi connectivity index (χ2v) is 5.87. The van der Waals surface area contributed by atoms with E-state index >= 15 is 0 Å². The van der Waals surface area contributed by atoms with Crippen LogP contribution in [0.25, 0.3) is 0 Å². The van der Waals surface area contributed by atoms with Crippen LogP contribution < -0.4 is 0 Å². The topological polar surface area (TPSA) is 27.7 Å². The molecule has 0 heterocycles. The van der Waals surface area contributed by atoms with Crippen LogP contribution >= 0.6 is 0 Å². The Balaban J connectivity index is 3.82. The van der Waals surface area contributed by atoms with Crippen LogP contribution in [0.5, 0.6) is 0 Å². The molecule has 7 heteroatoms. The van der Waals surface area contributed by atoms with E-state index in [-0.39, 0.29) is 0 Å². The Morgan fingerprint density at radius 3 is 1.44 bits per heavy atom. The number of hydrogen-bond acceptors (Lipinski definition) is 3. The van der Waals surface area contributed by atoms with E-state index in [0.29, 0.717) is 6.04 Å². The SMILES string of the molecule is CC[Si](O[Si])(O[Si])O[Si]. The van der Waals surface area contributed by atoms with Gasteiger partial charge in [0.2, 0.25) is 31.5 Å². The molecule has 0 N–H and O–H groups in total. The van der Waals surface area contributed by atoms with Gasteiger partial charge in [-0.25, -0.2) is 0 Å². The summed E-state index contributed by atoms with van der Waals surface area (Å²) in [6, 6.07) is 0.670. The third-order valence-corrected chi connectivity index (χ3v) is 5.50. The van der Waals surface area contributed by atoms with Gasteiger partial charge in [0, 0.05) is 6.04 Å². The molecule has 0 saturated carbocycles. The predicted octanol–water partition coefficient (Wildman–Crippen LogP) is -0.755. The van der Waals surface area contributed by atoms with Crippen LogP contribution in [0.1, 0.15) is 6.92 Å². The molecule has 0 fully saturated rings. The first kappa shape index (κ1) is 9.75. The number of rotatable bonds is 4. The van der Waals surface area contributed by atoms with E-state index in [1.807, 2.05) is 6.92 Å². The molecular formula is C2H5O3Si4. The highest BCUT2D eigenvalue weighted by molar-refractivity contribution is 6.69. The predicted molar refractivity (Wildman–Crippen MR) is 36.8 cm³/mol. The second-order valence-electron chi connectivity index (χ2n) is 1.34. The summed E-state index contributed by atoms with van der Waals surface area (Å²) < 4.78 is 14.4. The Hall–Kier alpha value is 0.748. The average Bonchev–Trinajstić information content (AvgIpc) is 1.95. The summed E-state index contributed by atoms with van der Waals surface area (Å²) in [6.07, 6.45) is 0. The fraction of sp³-hybridized carbons (Fsp3) is 1.00. The maximum atomic E-state index is 4.79. The van der Waals surface area contributed by atoms with E-state index in [1.54, 1.807) is 0 Å². The van der Waals surface area contributed by atoms with Crippen molar-refractivity contribution in [3.05, 3.63) is 0 Å². The van der Waals surface area contributed by atoms with Crippen molar-refractivity contribution < 1.29 is 12.3 Å². The average molecular weight is 189 g/mol. The Morgan fingerprint density at radius 1 is 1.11 bits per heavy atom. The first-order valence-corrected chi connectivity index (χ1v) is 5.44. The van der Waals surface area contributed by atoms with Crippen molar-refractivity contribution in [2.45, 2.75) is 13.0 Å². The zero-order valence-electron chi connectivity index (χ0n) is 4.93. The van der Waals surface area contributed by atoms with Gasteiger partial charge in [-0.15, -0.1) is 0 Å². The van der Waals surface area contributed by atoms with E-state index in [0.717, 1.165) is 0 Å². The molecule has 9 radical (unpaired) electrons. The fourth-order valence-electron chi connectivity index (χ4n) is 0.279. The Morgan fingerprint density at radius 2 is 1.44 bits per heavy atom. The Labute approximate surface area is 66.1 Å². The van der Waals surface area contributed by atoms with Crippen molar-refractivity contribution in [1.82, 2.24) is 0 Å². The summed E-state index contributed by atoms with van der Waals surface area (Å²) in [5.41, 5.74) is 0. The maximum absolute atomic E-state index is 4.79. The number of hydrogen-bond donors (Lipinski definition) is 0. The van der Waals surface area contributed by atoms with Gasteiger partial charge < -0.3 is 12.3 Å². The van der Waals surface area contributed by atoms with Crippen LogP contribution in [0.3, 0.4) is 0 Å². The van der Waals surface area contributed by atoms with Gasteiger partial charge in [0.1, 0.15) is 0 Å². The molecule has 3 nitrogen and oxygen atoms in total. The molecule has 0 amide bonds. The summed E-state index contributed by atoms with van der Waals surface area (Å²) in [5, 5.41) is 0. The molecule has 0 aliphatic rings. The highest BCUT2D eigenvalue weighted by atomic mass is 28.5. The zero-order valence-corrected chi connectivity index (χ0v) is 8.93. The molecule has 0 aliphatic heterocycles. The molecule has 47 valence electrons. The third kappa shape index (κ3) is 2.45. The van der Waals surface area contributed by atoms with E-state index in [2.05, 4.69) is 31.5 Å². The molecule has 0 spiro atoms. The van der Waals surface area contributed by atoms with Crippen molar-refractivity contribution in [2.24, 2.45) is 0 Å². The van der Waals surface area contributed by atoms with Gasteiger partial charge in [-0.2, -0.15) is 0 Å². The second kappa shape index (κ2) is 4.55. The smallest absolute Gasteiger partial charge is 0.416 e. The van der Waals surface area contributed by atoms with Gasteiger partial charge in [0.05, 0.1) is 0 Å². The lowest BCUT2D eigenvalue weighted by atomic mass is 11.0. The fourth-order valence-corrected chi connectivity index (χ4v) is 3.64. The molecule has 0 bridgehead atoms. The van der Waals surface area contributed by atoms with E-state index in [1.165, 1.54) is 0 Å². The lowest BCUT2D eigenvalue weighted by molar-refractivity contribution is 0.297. The van der Waals surface area contributed by atoms with Crippen LogP contribution in [0.2, 0.25) is 6.04 Å². The summed E-state index contributed by atoms with van der Waals surface area (Å²) in [6.45, 7) is 1.90. The standard InChI is InChI=1S/C2H5O3Si4/c1-2-9(3-6,4-7)5-8/h2H2,1H3. The summed E-state index contributed by atoms with van der Waals surface area (Å²) in [5.74, 6) is 0. The van der Waals surface area contributed by atoms with Crippen LogP contribution in [0, 0.1) is 0 Å². The normalized spacial score (nSPS) is 12.0. The molecule has 0 unspecified atom stereocenters. The quantitative estimate of drug-likeness (QED) is 0.545. The maximum Gasteiger partial charge on any atom is 0.468 e. The van der Waals surface area contributed by atoms with E-state index in [4.69, 9.17) is 12.3 Å². The molecule has 0 atom stereocenters. The molecule has 0 aromatic rings. The molecule has 0 aliphatic carbocycles. The van der Waals surface area contributed by atoms with Crippen LogP contribution in [0.4, 0.5) is 0 Å². The van der Waals surface area contributed by atoms with Gasteiger partial charge in [-0.1, -0.05) is 6.92 Å². The summed E-state index contributed by atoms with van der Waals surface area (Å²) in [7, 11) is 6.10. The minimum absolute atomic E-state index is 0.670. The Bertz CT molecular complexity index is 56.7. The van der Waals surface area contributed by atoms with Crippen molar-refractivity contribution in [1.29, 1.82) is 0 Å². The van der Waals surface area contributed by atoms with Crippen LogP contribution in [-0.4, -0.2) is 40.3 Å².